The number of aromatic amines is 1. The number of aryl methyl sites for hydroxylation is 1. The Balaban J connectivity index is 2.17. The van der Waals surface area contributed by atoms with Gasteiger partial charge in [-0.15, -0.1) is 0 Å². The van der Waals surface area contributed by atoms with Crippen molar-refractivity contribution in [1.29, 1.82) is 0 Å². The zero-order valence-corrected chi connectivity index (χ0v) is 12.8. The van der Waals surface area contributed by atoms with Crippen LogP contribution in [-0.2, 0) is 23.1 Å². The standard InChI is InChI=1S/C13H18N4O3S/c1-10-13(12(9-18)16-15-10)21(19,20)17(2)8-5-11-3-6-14-7-4-11/h3-4,6-7,18H,5,8-9H2,1-2H3,(H,15,16). The van der Waals surface area contributed by atoms with Gasteiger partial charge in [0.25, 0.3) is 0 Å². The molecule has 0 aromatic carbocycles. The van der Waals surface area contributed by atoms with Crippen LogP contribution in [0.2, 0.25) is 0 Å². The summed E-state index contributed by atoms with van der Waals surface area (Å²) in [5, 5.41) is 15.6. The van der Waals surface area contributed by atoms with Gasteiger partial charge < -0.3 is 5.11 Å². The molecule has 0 bridgehead atoms. The van der Waals surface area contributed by atoms with Crippen molar-refractivity contribution in [1.82, 2.24) is 19.5 Å². The van der Waals surface area contributed by atoms with E-state index in [1.165, 1.54) is 11.4 Å². The molecular weight excluding hydrogens is 292 g/mol. The molecule has 7 nitrogen and oxygen atoms in total. The molecule has 0 fully saturated rings. The highest BCUT2D eigenvalue weighted by Crippen LogP contribution is 2.21. The van der Waals surface area contributed by atoms with Crippen LogP contribution in [0.25, 0.3) is 0 Å². The normalized spacial score (nSPS) is 12.0. The van der Waals surface area contributed by atoms with E-state index in [-0.39, 0.29) is 10.6 Å². The van der Waals surface area contributed by atoms with Gasteiger partial charge in [0.2, 0.25) is 10.0 Å². The minimum absolute atomic E-state index is 0.0576. The minimum Gasteiger partial charge on any atom is -0.390 e. The molecule has 114 valence electrons. The van der Waals surface area contributed by atoms with E-state index < -0.39 is 16.6 Å². The summed E-state index contributed by atoms with van der Waals surface area (Å²) in [4.78, 5) is 3.98. The van der Waals surface area contributed by atoms with Crippen LogP contribution in [0.4, 0.5) is 0 Å². The van der Waals surface area contributed by atoms with Gasteiger partial charge in [-0.25, -0.2) is 12.7 Å². The summed E-state index contributed by atoms with van der Waals surface area (Å²) >= 11 is 0. The Morgan fingerprint density at radius 2 is 2.00 bits per heavy atom. The third-order valence-electron chi connectivity index (χ3n) is 3.24. The first-order valence-corrected chi connectivity index (χ1v) is 7.90. The highest BCUT2D eigenvalue weighted by atomic mass is 32.2. The minimum atomic E-state index is -3.68. The number of H-pyrrole nitrogens is 1. The molecule has 0 atom stereocenters. The summed E-state index contributed by atoms with van der Waals surface area (Å²) in [6.07, 6.45) is 3.94. The first kappa shape index (κ1) is 15.6. The monoisotopic (exact) mass is 310 g/mol. The van der Waals surface area contributed by atoms with Gasteiger partial charge in [0.05, 0.1) is 12.3 Å². The molecule has 2 aromatic heterocycles. The fourth-order valence-electron chi connectivity index (χ4n) is 2.03. The quantitative estimate of drug-likeness (QED) is 0.808. The Kier molecular flexibility index (Phi) is 4.71. The summed E-state index contributed by atoms with van der Waals surface area (Å²) in [6.45, 7) is 1.54. The van der Waals surface area contributed by atoms with Gasteiger partial charge in [0.15, 0.2) is 0 Å². The second-order valence-corrected chi connectivity index (χ2v) is 6.70. The van der Waals surface area contributed by atoms with Gasteiger partial charge in [-0.2, -0.15) is 5.10 Å². The molecular formula is C13H18N4O3S. The largest absolute Gasteiger partial charge is 0.390 e. The van der Waals surface area contributed by atoms with E-state index in [0.717, 1.165) is 5.56 Å². The van der Waals surface area contributed by atoms with Gasteiger partial charge in [0.1, 0.15) is 10.6 Å². The average Bonchev–Trinajstić information content (AvgIpc) is 2.87. The molecule has 0 aliphatic rings. The Morgan fingerprint density at radius 3 is 2.62 bits per heavy atom. The summed E-state index contributed by atoms with van der Waals surface area (Å²) in [6, 6.07) is 3.70. The van der Waals surface area contributed by atoms with Crippen molar-refractivity contribution in [3.05, 3.63) is 41.5 Å². The number of hydrogen-bond acceptors (Lipinski definition) is 5. The molecule has 8 heteroatoms. The lowest BCUT2D eigenvalue weighted by molar-refractivity contribution is 0.273. The summed E-state index contributed by atoms with van der Waals surface area (Å²) in [5.41, 5.74) is 1.58. The number of likely N-dealkylation sites (N-methyl/N-ethyl adjacent to an activating group) is 1. The number of nitrogens with one attached hydrogen (secondary N) is 1. The van der Waals surface area contributed by atoms with Gasteiger partial charge in [-0.05, 0) is 31.0 Å². The average molecular weight is 310 g/mol. The zero-order valence-electron chi connectivity index (χ0n) is 11.9. The van der Waals surface area contributed by atoms with E-state index >= 15 is 0 Å². The van der Waals surface area contributed by atoms with Crippen LogP contribution in [0, 0.1) is 6.92 Å². The Labute approximate surface area is 123 Å². The molecule has 0 aliphatic heterocycles. The number of rotatable bonds is 6. The molecule has 2 N–H and O–H groups in total. The SMILES string of the molecule is Cc1[nH]nc(CO)c1S(=O)(=O)N(C)CCc1ccncc1. The Morgan fingerprint density at radius 1 is 1.33 bits per heavy atom. The predicted molar refractivity (Wildman–Crippen MR) is 77.0 cm³/mol. The first-order valence-electron chi connectivity index (χ1n) is 6.46. The summed E-state index contributed by atoms with van der Waals surface area (Å²) < 4.78 is 26.4. The van der Waals surface area contributed by atoms with Gasteiger partial charge in [-0.3, -0.25) is 10.1 Å². The number of aromatic nitrogens is 3. The van der Waals surface area contributed by atoms with Crippen LogP contribution in [0.1, 0.15) is 17.0 Å². The summed E-state index contributed by atoms with van der Waals surface area (Å²) in [7, 11) is -2.16. The molecule has 2 aromatic rings. The molecule has 21 heavy (non-hydrogen) atoms. The highest BCUT2D eigenvalue weighted by Gasteiger charge is 2.27. The molecule has 0 aliphatic carbocycles. The fourth-order valence-corrected chi connectivity index (χ4v) is 3.51. The number of hydrogen-bond donors (Lipinski definition) is 2. The van der Waals surface area contributed by atoms with Crippen molar-refractivity contribution in [2.45, 2.75) is 24.8 Å². The van der Waals surface area contributed by atoms with E-state index in [1.807, 2.05) is 12.1 Å². The second kappa shape index (κ2) is 6.33. The number of aliphatic hydroxyl groups excluding tert-OH is 1. The third-order valence-corrected chi connectivity index (χ3v) is 5.30. The topological polar surface area (TPSA) is 99.2 Å². The number of aliphatic hydroxyl groups is 1. The van der Waals surface area contributed by atoms with Crippen LogP contribution in [0.15, 0.2) is 29.4 Å². The van der Waals surface area contributed by atoms with Gasteiger partial charge >= 0.3 is 0 Å². The van der Waals surface area contributed by atoms with E-state index in [4.69, 9.17) is 0 Å². The van der Waals surface area contributed by atoms with E-state index in [9.17, 15) is 13.5 Å². The fraction of sp³-hybridized carbons (Fsp3) is 0.385. The lowest BCUT2D eigenvalue weighted by atomic mass is 10.2. The van der Waals surface area contributed by atoms with Crippen molar-refractivity contribution in [3.8, 4) is 0 Å². The third kappa shape index (κ3) is 3.29. The van der Waals surface area contributed by atoms with E-state index in [0.29, 0.717) is 18.7 Å². The van der Waals surface area contributed by atoms with Crippen LogP contribution >= 0.6 is 0 Å². The number of nitrogens with zero attached hydrogens (tertiary/aromatic N) is 3. The molecule has 0 saturated heterocycles. The highest BCUT2D eigenvalue weighted by molar-refractivity contribution is 7.89. The van der Waals surface area contributed by atoms with Crippen LogP contribution < -0.4 is 0 Å². The Bertz CT molecular complexity index is 697. The Hall–Kier alpha value is -1.77. The van der Waals surface area contributed by atoms with Crippen LogP contribution in [0.3, 0.4) is 0 Å². The summed E-state index contributed by atoms with van der Waals surface area (Å²) in [5.74, 6) is 0. The van der Waals surface area contributed by atoms with Crippen molar-refractivity contribution >= 4 is 10.0 Å². The van der Waals surface area contributed by atoms with Crippen molar-refractivity contribution in [2.24, 2.45) is 0 Å². The molecule has 0 saturated carbocycles. The molecule has 0 amide bonds. The van der Waals surface area contributed by atoms with Crippen LogP contribution in [0.5, 0.6) is 0 Å². The lowest BCUT2D eigenvalue weighted by Gasteiger charge is -2.17. The second-order valence-electron chi connectivity index (χ2n) is 4.71. The van der Waals surface area contributed by atoms with E-state index in [2.05, 4.69) is 15.2 Å². The smallest absolute Gasteiger partial charge is 0.246 e. The maximum atomic E-state index is 12.6. The van der Waals surface area contributed by atoms with Crippen molar-refractivity contribution < 1.29 is 13.5 Å². The van der Waals surface area contributed by atoms with Crippen molar-refractivity contribution in [3.63, 3.8) is 0 Å². The van der Waals surface area contributed by atoms with E-state index in [1.54, 1.807) is 19.3 Å². The van der Waals surface area contributed by atoms with Crippen molar-refractivity contribution in [2.75, 3.05) is 13.6 Å². The molecule has 0 radical (unpaired) electrons. The predicted octanol–water partition coefficient (Wildman–Crippen LogP) is 0.469. The molecule has 0 unspecified atom stereocenters. The molecule has 0 spiro atoms. The zero-order chi connectivity index (χ0) is 15.5. The molecule has 2 rings (SSSR count). The van der Waals surface area contributed by atoms with Gasteiger partial charge in [0, 0.05) is 26.0 Å². The number of pyridine rings is 1. The van der Waals surface area contributed by atoms with Gasteiger partial charge in [-0.1, -0.05) is 0 Å². The number of sulfonamides is 1. The maximum absolute atomic E-state index is 12.6. The molecule has 2 heterocycles. The maximum Gasteiger partial charge on any atom is 0.246 e. The van der Waals surface area contributed by atoms with Crippen LogP contribution in [-0.4, -0.2) is 46.6 Å². The lowest BCUT2D eigenvalue weighted by Crippen LogP contribution is -2.30. The first-order chi connectivity index (χ1) is 9.96.